The fourth-order valence-electron chi connectivity index (χ4n) is 2.28. The van der Waals surface area contributed by atoms with Crippen LogP contribution in [-0.4, -0.2) is 46.6 Å². The Morgan fingerprint density at radius 2 is 2.17 bits per heavy atom. The number of hydrogen-bond donors (Lipinski definition) is 2. The molecule has 2 N–H and O–H groups in total. The zero-order valence-electron chi connectivity index (χ0n) is 14.1. The smallest absolute Gasteiger partial charge is 0.347 e. The highest BCUT2D eigenvalue weighted by molar-refractivity contribution is 5.85. The maximum absolute atomic E-state index is 12.3. The van der Waals surface area contributed by atoms with E-state index in [4.69, 9.17) is 9.47 Å². The van der Waals surface area contributed by atoms with Gasteiger partial charge in [-0.25, -0.2) is 9.59 Å². The molecule has 0 aromatic carbocycles. The van der Waals surface area contributed by atoms with E-state index in [9.17, 15) is 19.8 Å². The molecule has 0 unspecified atom stereocenters. The molecular weight excluding hydrogens is 312 g/mol. The first-order chi connectivity index (χ1) is 11.5. The van der Waals surface area contributed by atoms with E-state index in [0.717, 1.165) is 0 Å². The molecule has 6 nitrogen and oxygen atoms in total. The lowest BCUT2D eigenvalue weighted by molar-refractivity contribution is -0.176. The summed E-state index contributed by atoms with van der Waals surface area (Å²) in [6.07, 6.45) is 6.83. The third kappa shape index (κ3) is 6.68. The fraction of sp³-hybridized carbons (Fsp3) is 0.556. The van der Waals surface area contributed by atoms with Crippen LogP contribution in [0.4, 0.5) is 0 Å². The minimum atomic E-state index is -1.21. The number of aliphatic hydroxyl groups is 2. The Hall–Kier alpha value is -1.92. The molecule has 1 aliphatic heterocycles. The molecule has 24 heavy (non-hydrogen) atoms. The molecule has 6 heteroatoms. The number of aliphatic hydroxyl groups excluding tert-OH is 2. The number of ether oxygens (including phenoxy) is 2. The third-order valence-corrected chi connectivity index (χ3v) is 3.56. The predicted octanol–water partition coefficient (Wildman–Crippen LogP) is 1.81. The highest BCUT2D eigenvalue weighted by Crippen LogP contribution is 2.17. The van der Waals surface area contributed by atoms with Gasteiger partial charge in [0.25, 0.3) is 0 Å². The largest absolute Gasteiger partial charge is 0.457 e. The Morgan fingerprint density at radius 1 is 1.42 bits per heavy atom. The van der Waals surface area contributed by atoms with Crippen LogP contribution in [-0.2, 0) is 19.1 Å². The summed E-state index contributed by atoms with van der Waals surface area (Å²) in [4.78, 5) is 24.0. The first-order valence-corrected chi connectivity index (χ1v) is 8.22. The lowest BCUT2D eigenvalue weighted by atomic mass is 10.0. The van der Waals surface area contributed by atoms with E-state index in [2.05, 4.69) is 0 Å². The number of allylic oxidation sites excluding steroid dienone is 4. The highest BCUT2D eigenvalue weighted by atomic mass is 16.6. The molecule has 1 heterocycles. The van der Waals surface area contributed by atoms with E-state index in [1.807, 2.05) is 13.8 Å². The topological polar surface area (TPSA) is 93.1 Å². The van der Waals surface area contributed by atoms with E-state index >= 15 is 0 Å². The van der Waals surface area contributed by atoms with Gasteiger partial charge in [0.15, 0.2) is 6.10 Å². The molecule has 0 aliphatic carbocycles. The number of esters is 2. The Labute approximate surface area is 142 Å². The van der Waals surface area contributed by atoms with Crippen LogP contribution < -0.4 is 0 Å². The van der Waals surface area contributed by atoms with E-state index in [1.165, 1.54) is 18.2 Å². The molecule has 0 saturated heterocycles. The summed E-state index contributed by atoms with van der Waals surface area (Å²) in [6.45, 7) is 3.69. The van der Waals surface area contributed by atoms with Crippen molar-refractivity contribution in [2.75, 3.05) is 0 Å². The van der Waals surface area contributed by atoms with Crippen LogP contribution in [0.1, 0.15) is 39.5 Å². The van der Waals surface area contributed by atoms with Crippen LogP contribution in [0.2, 0.25) is 0 Å². The molecule has 0 fully saturated rings. The summed E-state index contributed by atoms with van der Waals surface area (Å²) in [5, 5.41) is 20.0. The molecular formula is C18H26O6. The van der Waals surface area contributed by atoms with E-state index < -0.39 is 36.4 Å². The average molecular weight is 338 g/mol. The highest BCUT2D eigenvalue weighted by Gasteiger charge is 2.32. The standard InChI is InChI=1S/C18H26O6/c1-3-5-6-12-16(20)23-15-11-8-7-10-13(19)17(21)14(9-4-2)24-18(15)22/h3,5-7,10,12-15,17,19,21H,4,8-9,11H2,1-2H3/b5-3+,10-7-,12-6-/t13-,14+,15+,17-/m1/s1. The molecule has 4 atom stereocenters. The van der Waals surface area contributed by atoms with Gasteiger partial charge in [-0.1, -0.05) is 43.7 Å². The first-order valence-electron chi connectivity index (χ1n) is 8.22. The monoisotopic (exact) mass is 338 g/mol. The van der Waals surface area contributed by atoms with Crippen molar-refractivity contribution in [3.05, 3.63) is 36.5 Å². The van der Waals surface area contributed by atoms with Gasteiger partial charge in [-0.05, 0) is 26.2 Å². The summed E-state index contributed by atoms with van der Waals surface area (Å²) in [5.41, 5.74) is 0. The van der Waals surface area contributed by atoms with Crippen LogP contribution in [0.3, 0.4) is 0 Å². The molecule has 0 saturated carbocycles. The van der Waals surface area contributed by atoms with Crippen LogP contribution >= 0.6 is 0 Å². The summed E-state index contributed by atoms with van der Waals surface area (Å²) in [5.74, 6) is -1.34. The fourth-order valence-corrected chi connectivity index (χ4v) is 2.28. The molecule has 0 bridgehead atoms. The van der Waals surface area contributed by atoms with Crippen molar-refractivity contribution in [3.8, 4) is 0 Å². The van der Waals surface area contributed by atoms with Crippen LogP contribution in [0.25, 0.3) is 0 Å². The number of carbonyl (C=O) groups is 2. The molecule has 1 aliphatic rings. The predicted molar refractivity (Wildman–Crippen MR) is 89.0 cm³/mol. The van der Waals surface area contributed by atoms with Gasteiger partial charge in [0.2, 0.25) is 0 Å². The average Bonchev–Trinajstić information content (AvgIpc) is 2.55. The van der Waals surface area contributed by atoms with E-state index in [0.29, 0.717) is 19.3 Å². The van der Waals surface area contributed by atoms with Crippen molar-refractivity contribution in [2.24, 2.45) is 0 Å². The molecule has 0 radical (unpaired) electrons. The minimum Gasteiger partial charge on any atom is -0.457 e. The van der Waals surface area contributed by atoms with Gasteiger partial charge < -0.3 is 19.7 Å². The third-order valence-electron chi connectivity index (χ3n) is 3.56. The molecule has 0 spiro atoms. The van der Waals surface area contributed by atoms with E-state index in [-0.39, 0.29) is 6.42 Å². The summed E-state index contributed by atoms with van der Waals surface area (Å²) >= 11 is 0. The van der Waals surface area contributed by atoms with Gasteiger partial charge in [0.05, 0.1) is 0 Å². The maximum Gasteiger partial charge on any atom is 0.347 e. The zero-order chi connectivity index (χ0) is 17.9. The SMILES string of the molecule is C/C=C/C=C\C(=O)O[C@H]1CC/C=C\[C@@H](O)[C@@H](O)[C@H](CCC)OC1=O. The van der Waals surface area contributed by atoms with Gasteiger partial charge in [-0.15, -0.1) is 0 Å². The van der Waals surface area contributed by atoms with Gasteiger partial charge in [0, 0.05) is 6.08 Å². The first kappa shape index (κ1) is 20.1. The van der Waals surface area contributed by atoms with Crippen molar-refractivity contribution in [2.45, 2.75) is 63.9 Å². The van der Waals surface area contributed by atoms with Crippen LogP contribution in [0, 0.1) is 0 Å². The summed E-state index contributed by atoms with van der Waals surface area (Å²) in [7, 11) is 0. The maximum atomic E-state index is 12.3. The van der Waals surface area contributed by atoms with Crippen LogP contribution in [0.15, 0.2) is 36.5 Å². The van der Waals surface area contributed by atoms with Gasteiger partial charge in [-0.3, -0.25) is 0 Å². The van der Waals surface area contributed by atoms with Gasteiger partial charge in [-0.2, -0.15) is 0 Å². The molecule has 0 amide bonds. The number of rotatable bonds is 5. The second-order valence-electron chi connectivity index (χ2n) is 5.56. The second kappa shape index (κ2) is 10.8. The summed E-state index contributed by atoms with van der Waals surface area (Å²) in [6, 6.07) is 0. The van der Waals surface area contributed by atoms with Crippen molar-refractivity contribution in [1.29, 1.82) is 0 Å². The van der Waals surface area contributed by atoms with Crippen molar-refractivity contribution in [1.82, 2.24) is 0 Å². The summed E-state index contributed by atoms with van der Waals surface area (Å²) < 4.78 is 10.4. The normalized spacial score (nSPS) is 30.2. The van der Waals surface area contributed by atoms with Gasteiger partial charge in [0.1, 0.15) is 18.3 Å². The molecule has 0 aromatic heterocycles. The van der Waals surface area contributed by atoms with E-state index in [1.54, 1.807) is 18.2 Å². The lowest BCUT2D eigenvalue weighted by Crippen LogP contribution is -2.42. The Morgan fingerprint density at radius 3 is 2.83 bits per heavy atom. The van der Waals surface area contributed by atoms with Crippen LogP contribution in [0.5, 0.6) is 0 Å². The molecule has 1 rings (SSSR count). The molecule has 134 valence electrons. The Balaban J connectivity index is 2.84. The Kier molecular flexibility index (Phi) is 9.04. The van der Waals surface area contributed by atoms with Gasteiger partial charge >= 0.3 is 11.9 Å². The quantitative estimate of drug-likeness (QED) is 0.344. The van der Waals surface area contributed by atoms with Crippen molar-refractivity contribution < 1.29 is 29.3 Å². The Bertz CT molecular complexity index is 494. The number of carbonyl (C=O) groups excluding carboxylic acids is 2. The minimum absolute atomic E-state index is 0.250. The van der Waals surface area contributed by atoms with Crippen molar-refractivity contribution in [3.63, 3.8) is 0 Å². The second-order valence-corrected chi connectivity index (χ2v) is 5.56. The number of hydrogen-bond acceptors (Lipinski definition) is 6. The lowest BCUT2D eigenvalue weighted by Gasteiger charge is -2.27. The zero-order valence-corrected chi connectivity index (χ0v) is 14.1. The number of cyclic esters (lactones) is 1. The molecule has 0 aromatic rings. The van der Waals surface area contributed by atoms with Crippen molar-refractivity contribution >= 4 is 11.9 Å².